The number of fused-ring (bicyclic) bond motifs is 2. The molecule has 2 atom stereocenters. The van der Waals surface area contributed by atoms with Gasteiger partial charge >= 0.3 is 0 Å². The monoisotopic (exact) mass is 444 g/mol. The van der Waals surface area contributed by atoms with E-state index in [4.69, 9.17) is 0 Å². The summed E-state index contributed by atoms with van der Waals surface area (Å²) >= 11 is 0. The number of benzene rings is 3. The summed E-state index contributed by atoms with van der Waals surface area (Å²) in [4.78, 5) is 9.75. The van der Waals surface area contributed by atoms with Crippen molar-refractivity contribution in [2.75, 3.05) is 4.72 Å². The van der Waals surface area contributed by atoms with Gasteiger partial charge in [-0.15, -0.1) is 0 Å². The number of aliphatic hydroxyl groups excluding tert-OH is 2. The molecule has 160 valence electrons. The molecule has 1 aliphatic carbocycles. The Kier molecular flexibility index (Phi) is 4.81. The summed E-state index contributed by atoms with van der Waals surface area (Å²) in [6, 6.07) is 11.6. The zero-order chi connectivity index (χ0) is 22.5. The number of nitro groups is 1. The van der Waals surface area contributed by atoms with Crippen molar-refractivity contribution < 1.29 is 33.8 Å². The lowest BCUT2D eigenvalue weighted by Crippen LogP contribution is -2.19. The predicted octanol–water partition coefficient (Wildman–Crippen LogP) is 2.28. The van der Waals surface area contributed by atoms with E-state index in [0.717, 1.165) is 30.3 Å². The quantitative estimate of drug-likeness (QED) is 0.232. The van der Waals surface area contributed by atoms with Gasteiger partial charge in [-0.3, -0.25) is 14.8 Å². The second kappa shape index (κ2) is 7.23. The Bertz CT molecular complexity index is 1310. The Morgan fingerprint density at radius 3 is 2.03 bits per heavy atom. The maximum atomic E-state index is 12.7. The molecule has 11 heteroatoms. The van der Waals surface area contributed by atoms with Crippen LogP contribution in [0.2, 0.25) is 0 Å². The summed E-state index contributed by atoms with van der Waals surface area (Å²) in [5, 5.41) is 53.0. The fourth-order valence-corrected chi connectivity index (χ4v) is 4.62. The van der Waals surface area contributed by atoms with Crippen molar-refractivity contribution in [1.82, 2.24) is 0 Å². The van der Waals surface area contributed by atoms with E-state index in [9.17, 15) is 39.0 Å². The standard InChI is InChI=1S/C20H16N2O8S/c23-17-12-3-1-2-4-13(12)18(24)16-14(17)9-15(19(25)20(16)26)21-31(29,30)11-7-5-10(6-8-11)22(27)28/h1-9,17-18,21,23-26H. The molecule has 3 aromatic carbocycles. The summed E-state index contributed by atoms with van der Waals surface area (Å²) in [5.74, 6) is -1.62. The minimum absolute atomic E-state index is 0.0166. The molecule has 0 amide bonds. The van der Waals surface area contributed by atoms with Crippen LogP contribution in [-0.4, -0.2) is 33.8 Å². The van der Waals surface area contributed by atoms with Crippen LogP contribution in [0.15, 0.2) is 59.5 Å². The van der Waals surface area contributed by atoms with Gasteiger partial charge in [-0.25, -0.2) is 8.42 Å². The molecule has 0 saturated carbocycles. The van der Waals surface area contributed by atoms with Gasteiger partial charge in [0.1, 0.15) is 12.2 Å². The molecular weight excluding hydrogens is 428 g/mol. The van der Waals surface area contributed by atoms with E-state index in [-0.39, 0.29) is 21.7 Å². The number of rotatable bonds is 4. The number of nitrogens with one attached hydrogen (secondary N) is 1. The van der Waals surface area contributed by atoms with Crippen molar-refractivity contribution in [3.63, 3.8) is 0 Å². The highest BCUT2D eigenvalue weighted by atomic mass is 32.2. The van der Waals surface area contributed by atoms with Crippen LogP contribution in [0.5, 0.6) is 11.5 Å². The van der Waals surface area contributed by atoms with Gasteiger partial charge in [0.05, 0.1) is 15.5 Å². The molecule has 5 N–H and O–H groups in total. The van der Waals surface area contributed by atoms with Crippen LogP contribution in [0.1, 0.15) is 34.5 Å². The van der Waals surface area contributed by atoms with Crippen LogP contribution < -0.4 is 4.72 Å². The number of nitrogens with zero attached hydrogens (tertiary/aromatic N) is 1. The van der Waals surface area contributed by atoms with Gasteiger partial charge in [0.2, 0.25) is 0 Å². The third kappa shape index (κ3) is 3.34. The van der Waals surface area contributed by atoms with E-state index in [1.807, 2.05) is 0 Å². The Hall–Kier alpha value is -3.67. The number of hydrogen-bond donors (Lipinski definition) is 5. The molecule has 3 aromatic rings. The van der Waals surface area contributed by atoms with Gasteiger partial charge < -0.3 is 20.4 Å². The number of non-ortho nitro benzene ring substituents is 1. The SMILES string of the molecule is O=[N+]([O-])c1ccc(S(=O)(=O)Nc2cc3c(c(O)c2O)C(O)c2ccccc2C3O)cc1. The number of nitro benzene ring substituents is 1. The zero-order valence-corrected chi connectivity index (χ0v) is 16.4. The fraction of sp³-hybridized carbons (Fsp3) is 0.100. The third-order valence-corrected chi connectivity index (χ3v) is 6.48. The number of anilines is 1. The lowest BCUT2D eigenvalue weighted by atomic mass is 9.81. The largest absolute Gasteiger partial charge is 0.504 e. The molecule has 0 bridgehead atoms. The zero-order valence-electron chi connectivity index (χ0n) is 15.6. The first-order valence-electron chi connectivity index (χ1n) is 8.92. The lowest BCUT2D eigenvalue weighted by molar-refractivity contribution is -0.384. The maximum Gasteiger partial charge on any atom is 0.269 e. The van der Waals surface area contributed by atoms with Crippen molar-refractivity contribution in [3.05, 3.63) is 87.0 Å². The predicted molar refractivity (Wildman–Crippen MR) is 108 cm³/mol. The number of aromatic hydroxyl groups is 2. The molecule has 31 heavy (non-hydrogen) atoms. The molecule has 0 aliphatic heterocycles. The highest BCUT2D eigenvalue weighted by Gasteiger charge is 2.35. The van der Waals surface area contributed by atoms with Crippen LogP contribution in [0.4, 0.5) is 11.4 Å². The van der Waals surface area contributed by atoms with Gasteiger partial charge in [0.15, 0.2) is 11.5 Å². The van der Waals surface area contributed by atoms with E-state index < -0.39 is 44.3 Å². The second-order valence-electron chi connectivity index (χ2n) is 6.91. The molecule has 0 saturated heterocycles. The minimum atomic E-state index is -4.30. The number of phenolic OH excluding ortho intramolecular Hbond substituents is 2. The Morgan fingerprint density at radius 1 is 0.871 bits per heavy atom. The second-order valence-corrected chi connectivity index (χ2v) is 8.60. The van der Waals surface area contributed by atoms with Crippen LogP contribution in [0.3, 0.4) is 0 Å². The normalized spacial score (nSPS) is 17.5. The van der Waals surface area contributed by atoms with E-state index in [1.165, 1.54) is 0 Å². The lowest BCUT2D eigenvalue weighted by Gasteiger charge is -2.30. The number of sulfonamides is 1. The van der Waals surface area contributed by atoms with Crippen LogP contribution in [0.25, 0.3) is 0 Å². The fourth-order valence-electron chi connectivity index (χ4n) is 3.57. The summed E-state index contributed by atoms with van der Waals surface area (Å²) in [7, 11) is -4.30. The van der Waals surface area contributed by atoms with Crippen molar-refractivity contribution in [1.29, 1.82) is 0 Å². The smallest absolute Gasteiger partial charge is 0.269 e. The molecule has 0 radical (unpaired) electrons. The van der Waals surface area contributed by atoms with Gasteiger partial charge in [-0.2, -0.15) is 0 Å². The van der Waals surface area contributed by atoms with E-state index in [2.05, 4.69) is 4.72 Å². The summed E-state index contributed by atoms with van der Waals surface area (Å²) < 4.78 is 27.4. The average Bonchev–Trinajstić information content (AvgIpc) is 2.75. The van der Waals surface area contributed by atoms with Crippen molar-refractivity contribution in [2.45, 2.75) is 17.1 Å². The van der Waals surface area contributed by atoms with Crippen molar-refractivity contribution >= 4 is 21.4 Å². The topological polar surface area (TPSA) is 170 Å². The average molecular weight is 444 g/mol. The van der Waals surface area contributed by atoms with Crippen LogP contribution in [-0.2, 0) is 10.0 Å². The van der Waals surface area contributed by atoms with Crippen molar-refractivity contribution in [3.8, 4) is 11.5 Å². The summed E-state index contributed by atoms with van der Waals surface area (Å²) in [5.41, 5.74) is -0.137. The molecule has 0 spiro atoms. The first kappa shape index (κ1) is 20.6. The molecule has 4 rings (SSSR count). The molecule has 2 unspecified atom stereocenters. The molecule has 0 aromatic heterocycles. The third-order valence-electron chi connectivity index (χ3n) is 5.10. The van der Waals surface area contributed by atoms with Gasteiger partial charge in [0, 0.05) is 17.7 Å². The summed E-state index contributed by atoms with van der Waals surface area (Å²) in [6.07, 6.45) is -2.63. The van der Waals surface area contributed by atoms with Gasteiger partial charge in [0.25, 0.3) is 15.7 Å². The molecule has 0 heterocycles. The van der Waals surface area contributed by atoms with E-state index in [0.29, 0.717) is 11.1 Å². The molecule has 0 fully saturated rings. The first-order valence-corrected chi connectivity index (χ1v) is 10.4. The van der Waals surface area contributed by atoms with Gasteiger partial charge in [-0.05, 0) is 34.9 Å². The number of aliphatic hydroxyl groups is 2. The highest BCUT2D eigenvalue weighted by molar-refractivity contribution is 7.92. The molecular formula is C20H16N2O8S. The van der Waals surface area contributed by atoms with E-state index in [1.54, 1.807) is 24.3 Å². The minimum Gasteiger partial charge on any atom is -0.504 e. The van der Waals surface area contributed by atoms with E-state index >= 15 is 0 Å². The Balaban J connectivity index is 1.77. The molecule has 10 nitrogen and oxygen atoms in total. The van der Waals surface area contributed by atoms with Gasteiger partial charge in [-0.1, -0.05) is 24.3 Å². The Labute approximate surface area is 175 Å². The first-order chi connectivity index (χ1) is 14.6. The number of hydrogen-bond acceptors (Lipinski definition) is 8. The Morgan fingerprint density at radius 2 is 1.45 bits per heavy atom. The molecule has 1 aliphatic rings. The highest BCUT2D eigenvalue weighted by Crippen LogP contribution is 2.50. The maximum absolute atomic E-state index is 12.7. The van der Waals surface area contributed by atoms with Crippen LogP contribution >= 0.6 is 0 Å². The van der Waals surface area contributed by atoms with Crippen molar-refractivity contribution in [2.24, 2.45) is 0 Å². The summed E-state index contributed by atoms with van der Waals surface area (Å²) in [6.45, 7) is 0. The number of phenols is 2. The van der Waals surface area contributed by atoms with Crippen LogP contribution in [0, 0.1) is 10.1 Å².